The normalized spacial score (nSPS) is 15.4. The maximum absolute atomic E-state index is 14.1. The van der Waals surface area contributed by atoms with Gasteiger partial charge in [0.25, 0.3) is 5.91 Å². The molecule has 1 fully saturated rings. The van der Waals surface area contributed by atoms with Crippen LogP contribution >= 0.6 is 0 Å². The Balaban J connectivity index is 1.68. The number of para-hydroxylation sites is 2. The molecule has 2 amide bonds. The van der Waals surface area contributed by atoms with Crippen molar-refractivity contribution >= 4 is 28.6 Å². The van der Waals surface area contributed by atoms with Crippen molar-refractivity contribution in [3.8, 4) is 11.3 Å². The van der Waals surface area contributed by atoms with Gasteiger partial charge in [0.05, 0.1) is 36.2 Å². The predicted octanol–water partition coefficient (Wildman–Crippen LogP) is 4.78. The quantitative estimate of drug-likeness (QED) is 0.363. The van der Waals surface area contributed by atoms with Crippen molar-refractivity contribution in [1.82, 2.24) is 15.3 Å². The van der Waals surface area contributed by atoms with Gasteiger partial charge in [-0.1, -0.05) is 66.7 Å². The third-order valence-electron chi connectivity index (χ3n) is 6.92. The maximum Gasteiger partial charge on any atom is 0.433 e. The molecule has 1 aliphatic heterocycles. The van der Waals surface area contributed by atoms with Crippen LogP contribution in [0.25, 0.3) is 22.2 Å². The summed E-state index contributed by atoms with van der Waals surface area (Å²) in [6.45, 7) is 1.29. The molecule has 3 aromatic carbocycles. The van der Waals surface area contributed by atoms with Gasteiger partial charge in [-0.05, 0) is 37.6 Å². The van der Waals surface area contributed by atoms with Gasteiger partial charge in [-0.2, -0.15) is 5.01 Å². The van der Waals surface area contributed by atoms with E-state index in [2.05, 4.69) is 10.3 Å². The minimum atomic E-state index is -0.715. The van der Waals surface area contributed by atoms with Crippen molar-refractivity contribution in [2.75, 3.05) is 25.3 Å². The monoisotopic (exact) mass is 510 g/mol. The van der Waals surface area contributed by atoms with Gasteiger partial charge in [0.1, 0.15) is 0 Å². The molecule has 1 aliphatic rings. The second kappa shape index (κ2) is 11.4. The van der Waals surface area contributed by atoms with Gasteiger partial charge < -0.3 is 9.84 Å². The lowest BCUT2D eigenvalue weighted by atomic mass is 9.95. The number of aromatic nitrogens is 1. The van der Waals surface area contributed by atoms with E-state index in [4.69, 9.17) is 9.72 Å². The lowest BCUT2D eigenvalue weighted by molar-refractivity contribution is 0.0939. The number of fused-ring (bicyclic) bond motifs is 1. The van der Waals surface area contributed by atoms with Gasteiger partial charge in [0, 0.05) is 29.1 Å². The lowest BCUT2D eigenvalue weighted by Crippen LogP contribution is -2.47. The molecule has 0 saturated carbocycles. The number of carbonyl (C=O) groups is 2. The molecule has 8 heteroatoms. The number of carbonyl (C=O) groups excluding carboxylic acids is 2. The van der Waals surface area contributed by atoms with Crippen LogP contribution in [-0.4, -0.2) is 53.3 Å². The van der Waals surface area contributed by atoms with E-state index in [-0.39, 0.29) is 12.6 Å². The number of hydrazine groups is 1. The van der Waals surface area contributed by atoms with Crippen LogP contribution < -0.4 is 10.4 Å². The zero-order valence-electron chi connectivity index (χ0n) is 21.2. The van der Waals surface area contributed by atoms with Crippen molar-refractivity contribution in [3.63, 3.8) is 0 Å². The first-order valence-electron chi connectivity index (χ1n) is 12.7. The number of pyridine rings is 1. The smallest absolute Gasteiger partial charge is 0.433 e. The van der Waals surface area contributed by atoms with Gasteiger partial charge >= 0.3 is 6.09 Å². The van der Waals surface area contributed by atoms with E-state index in [1.54, 1.807) is 24.3 Å². The molecular weight excluding hydrogens is 480 g/mol. The van der Waals surface area contributed by atoms with Crippen LogP contribution in [0.1, 0.15) is 28.8 Å². The highest BCUT2D eigenvalue weighted by Gasteiger charge is 2.30. The standard InChI is InChI=1S/C30H30N4O4/c1-38-30(37)34(22-13-6-3-7-14-22)32-29(36)27-24-16-8-9-17-26(24)31-28(21-11-4-2-5-12-21)25(27)19-33-18-10-15-23(33)20-35/h2-9,11-14,16-17,23,35H,10,15,18-20H2,1H3,(H,32,36)/t23-/m0/s1. The first kappa shape index (κ1) is 25.4. The first-order valence-corrected chi connectivity index (χ1v) is 12.7. The summed E-state index contributed by atoms with van der Waals surface area (Å²) in [7, 11) is 1.27. The molecule has 1 atom stereocenters. The number of nitrogens with zero attached hydrogens (tertiary/aromatic N) is 3. The van der Waals surface area contributed by atoms with Crippen molar-refractivity contribution in [2.24, 2.45) is 0 Å². The fourth-order valence-electron chi connectivity index (χ4n) is 5.05. The van der Waals surface area contributed by atoms with E-state index < -0.39 is 12.0 Å². The van der Waals surface area contributed by atoms with Crippen LogP contribution in [0.5, 0.6) is 0 Å². The number of nitrogens with one attached hydrogen (secondary N) is 1. The molecule has 0 bridgehead atoms. The van der Waals surface area contributed by atoms with E-state index in [1.807, 2.05) is 60.7 Å². The van der Waals surface area contributed by atoms with Crippen LogP contribution in [0.4, 0.5) is 10.5 Å². The van der Waals surface area contributed by atoms with Crippen LogP contribution in [-0.2, 0) is 11.3 Å². The Hall–Kier alpha value is -4.27. The van der Waals surface area contributed by atoms with Gasteiger partial charge in [-0.25, -0.2) is 9.78 Å². The SMILES string of the molecule is COC(=O)N(NC(=O)c1c(CN2CCC[C@H]2CO)c(-c2ccccc2)nc2ccccc12)c1ccccc1. The summed E-state index contributed by atoms with van der Waals surface area (Å²) in [6.07, 6.45) is 1.15. The highest BCUT2D eigenvalue weighted by Crippen LogP contribution is 2.33. The van der Waals surface area contributed by atoms with Crippen molar-refractivity contribution in [3.05, 3.63) is 96.1 Å². The molecule has 38 heavy (non-hydrogen) atoms. The molecule has 0 spiro atoms. The Kier molecular flexibility index (Phi) is 7.62. The number of hydrogen-bond donors (Lipinski definition) is 2. The van der Waals surface area contributed by atoms with E-state index in [0.29, 0.717) is 34.4 Å². The summed E-state index contributed by atoms with van der Waals surface area (Å²) < 4.78 is 4.97. The Morgan fingerprint density at radius 3 is 2.42 bits per heavy atom. The summed E-state index contributed by atoms with van der Waals surface area (Å²) in [5.74, 6) is -0.454. The fourth-order valence-corrected chi connectivity index (χ4v) is 5.05. The number of methoxy groups -OCH3 is 1. The number of ether oxygens (including phenoxy) is 1. The summed E-state index contributed by atoms with van der Waals surface area (Å²) in [5, 5.41) is 11.8. The lowest BCUT2D eigenvalue weighted by Gasteiger charge is -2.27. The first-order chi connectivity index (χ1) is 18.6. The average molecular weight is 511 g/mol. The Labute approximate surface area is 221 Å². The predicted molar refractivity (Wildman–Crippen MR) is 146 cm³/mol. The Morgan fingerprint density at radius 1 is 1.03 bits per heavy atom. The summed E-state index contributed by atoms with van der Waals surface area (Å²) >= 11 is 0. The topological polar surface area (TPSA) is 95.0 Å². The van der Waals surface area contributed by atoms with E-state index in [0.717, 1.165) is 35.5 Å². The number of likely N-dealkylation sites (tertiary alicyclic amines) is 1. The van der Waals surface area contributed by atoms with Crippen LogP contribution in [0.15, 0.2) is 84.9 Å². The van der Waals surface area contributed by atoms with Crippen molar-refractivity contribution in [2.45, 2.75) is 25.4 Å². The molecule has 1 aromatic heterocycles. The molecule has 0 unspecified atom stereocenters. The Morgan fingerprint density at radius 2 is 1.71 bits per heavy atom. The molecule has 0 radical (unpaired) electrons. The number of anilines is 1. The average Bonchev–Trinajstić information content (AvgIpc) is 3.43. The highest BCUT2D eigenvalue weighted by atomic mass is 16.5. The van der Waals surface area contributed by atoms with Crippen LogP contribution in [0.3, 0.4) is 0 Å². The van der Waals surface area contributed by atoms with Crippen LogP contribution in [0.2, 0.25) is 0 Å². The van der Waals surface area contributed by atoms with E-state index in [9.17, 15) is 14.7 Å². The number of rotatable bonds is 6. The minimum absolute atomic E-state index is 0.0110. The second-order valence-corrected chi connectivity index (χ2v) is 9.23. The number of aliphatic hydroxyl groups excluding tert-OH is 1. The molecule has 194 valence electrons. The highest BCUT2D eigenvalue weighted by molar-refractivity contribution is 6.10. The maximum atomic E-state index is 14.1. The summed E-state index contributed by atoms with van der Waals surface area (Å²) in [6, 6.07) is 26.1. The second-order valence-electron chi connectivity index (χ2n) is 9.23. The summed E-state index contributed by atoms with van der Waals surface area (Å²) in [4.78, 5) is 34.0. The third kappa shape index (κ3) is 5.09. The van der Waals surface area contributed by atoms with Crippen LogP contribution in [0, 0.1) is 0 Å². The van der Waals surface area contributed by atoms with Crippen molar-refractivity contribution < 1.29 is 19.4 Å². The molecule has 5 rings (SSSR count). The zero-order chi connectivity index (χ0) is 26.5. The molecule has 0 aliphatic carbocycles. The van der Waals surface area contributed by atoms with Gasteiger partial charge in [0.2, 0.25) is 0 Å². The molecular formula is C30H30N4O4. The van der Waals surface area contributed by atoms with E-state index >= 15 is 0 Å². The molecule has 1 saturated heterocycles. The van der Waals surface area contributed by atoms with E-state index in [1.165, 1.54) is 7.11 Å². The summed E-state index contributed by atoms with van der Waals surface area (Å²) in [5.41, 5.74) is 6.68. The Bertz CT molecular complexity index is 1430. The molecule has 2 N–H and O–H groups in total. The minimum Gasteiger partial charge on any atom is -0.451 e. The molecule has 2 heterocycles. The number of hydrogen-bond acceptors (Lipinski definition) is 6. The number of aliphatic hydroxyl groups is 1. The molecule has 8 nitrogen and oxygen atoms in total. The van der Waals surface area contributed by atoms with Gasteiger partial charge in [-0.15, -0.1) is 0 Å². The number of amides is 2. The third-order valence-corrected chi connectivity index (χ3v) is 6.92. The largest absolute Gasteiger partial charge is 0.451 e. The molecule has 4 aromatic rings. The van der Waals surface area contributed by atoms with Gasteiger partial charge in [0.15, 0.2) is 0 Å². The van der Waals surface area contributed by atoms with Crippen molar-refractivity contribution in [1.29, 1.82) is 0 Å². The van der Waals surface area contributed by atoms with Gasteiger partial charge in [-0.3, -0.25) is 15.1 Å². The fraction of sp³-hybridized carbons (Fsp3) is 0.233. The number of benzene rings is 3. The zero-order valence-corrected chi connectivity index (χ0v) is 21.2.